The number of carbonyl (C=O) groups is 1. The molecule has 2 heterocycles. The fourth-order valence-corrected chi connectivity index (χ4v) is 3.49. The van der Waals surface area contributed by atoms with Crippen molar-refractivity contribution in [2.45, 2.75) is 6.92 Å². The van der Waals surface area contributed by atoms with Gasteiger partial charge in [0, 0.05) is 28.8 Å². The molecule has 0 aliphatic carbocycles. The van der Waals surface area contributed by atoms with Crippen LogP contribution < -0.4 is 14.8 Å². The van der Waals surface area contributed by atoms with E-state index in [1.54, 1.807) is 25.4 Å². The van der Waals surface area contributed by atoms with E-state index in [0.717, 1.165) is 21.5 Å². The first-order valence-corrected chi connectivity index (χ1v) is 9.47. The van der Waals surface area contributed by atoms with Crippen molar-refractivity contribution >= 4 is 38.3 Å². The molecule has 0 fully saturated rings. The third-order valence-corrected chi connectivity index (χ3v) is 4.84. The van der Waals surface area contributed by atoms with Crippen LogP contribution >= 0.6 is 27.3 Å². The molecule has 0 saturated heterocycles. The number of hydrogen-bond acceptors (Lipinski definition) is 6. The van der Waals surface area contributed by atoms with E-state index < -0.39 is 0 Å². The number of rotatable bonds is 6. The zero-order chi connectivity index (χ0) is 18.5. The molecule has 1 aromatic carbocycles. The molecule has 0 bridgehead atoms. The number of thiazole rings is 1. The first-order chi connectivity index (χ1) is 12.6. The average molecular weight is 434 g/mol. The number of nitrogens with one attached hydrogen (secondary N) is 1. The van der Waals surface area contributed by atoms with Crippen molar-refractivity contribution in [3.8, 4) is 22.9 Å². The normalized spacial score (nSPS) is 10.4. The Morgan fingerprint density at radius 3 is 2.88 bits per heavy atom. The summed E-state index contributed by atoms with van der Waals surface area (Å²) in [5.74, 6) is 0.911. The zero-order valence-electron chi connectivity index (χ0n) is 14.2. The summed E-state index contributed by atoms with van der Waals surface area (Å²) in [6.07, 6.45) is 1.54. The molecule has 0 aliphatic heterocycles. The van der Waals surface area contributed by atoms with E-state index in [0.29, 0.717) is 23.2 Å². The Kier molecular flexibility index (Phi) is 5.85. The van der Waals surface area contributed by atoms with Gasteiger partial charge in [-0.3, -0.25) is 10.1 Å². The molecule has 3 rings (SSSR count). The van der Waals surface area contributed by atoms with E-state index in [-0.39, 0.29) is 5.91 Å². The molecule has 0 aliphatic rings. The van der Waals surface area contributed by atoms with Crippen LogP contribution in [0, 0.1) is 0 Å². The smallest absolute Gasteiger partial charge is 0.257 e. The molecule has 0 unspecified atom stereocenters. The van der Waals surface area contributed by atoms with Gasteiger partial charge in [0.15, 0.2) is 5.13 Å². The van der Waals surface area contributed by atoms with E-state index in [9.17, 15) is 4.79 Å². The predicted molar refractivity (Wildman–Crippen MR) is 105 cm³/mol. The highest BCUT2D eigenvalue weighted by Gasteiger charge is 2.12. The number of amides is 1. The second-order valence-electron chi connectivity index (χ2n) is 5.16. The van der Waals surface area contributed by atoms with E-state index in [2.05, 4.69) is 31.2 Å². The molecule has 1 amide bonds. The van der Waals surface area contributed by atoms with Gasteiger partial charge in [-0.1, -0.05) is 0 Å². The highest BCUT2D eigenvalue weighted by atomic mass is 79.9. The quantitative estimate of drug-likeness (QED) is 0.613. The fraction of sp³-hybridized carbons (Fsp3) is 0.167. The van der Waals surface area contributed by atoms with Crippen molar-refractivity contribution in [2.24, 2.45) is 0 Å². The SMILES string of the molecule is CCOc1cc(C(=O)Nc2nc(-c3ccc(OC)c(Br)c3)cs2)ccn1. The highest BCUT2D eigenvalue weighted by Crippen LogP contribution is 2.32. The number of methoxy groups -OCH3 is 1. The number of benzene rings is 1. The topological polar surface area (TPSA) is 73.3 Å². The Balaban J connectivity index is 1.75. The van der Waals surface area contributed by atoms with Gasteiger partial charge >= 0.3 is 0 Å². The first-order valence-electron chi connectivity index (χ1n) is 7.80. The van der Waals surface area contributed by atoms with Crippen LogP contribution in [-0.4, -0.2) is 29.6 Å². The van der Waals surface area contributed by atoms with Gasteiger partial charge in [0.25, 0.3) is 5.91 Å². The summed E-state index contributed by atoms with van der Waals surface area (Å²) in [7, 11) is 1.62. The first kappa shape index (κ1) is 18.3. The van der Waals surface area contributed by atoms with Crippen LogP contribution in [0.5, 0.6) is 11.6 Å². The minimum absolute atomic E-state index is 0.259. The lowest BCUT2D eigenvalue weighted by Gasteiger charge is -2.05. The minimum Gasteiger partial charge on any atom is -0.496 e. The second-order valence-corrected chi connectivity index (χ2v) is 6.87. The van der Waals surface area contributed by atoms with Crippen molar-refractivity contribution in [1.29, 1.82) is 0 Å². The van der Waals surface area contributed by atoms with E-state index in [1.165, 1.54) is 11.3 Å². The highest BCUT2D eigenvalue weighted by molar-refractivity contribution is 9.10. The summed E-state index contributed by atoms with van der Waals surface area (Å²) < 4.78 is 11.4. The van der Waals surface area contributed by atoms with Crippen LogP contribution in [0.1, 0.15) is 17.3 Å². The van der Waals surface area contributed by atoms with Gasteiger partial charge in [-0.25, -0.2) is 9.97 Å². The molecular formula is C18H16BrN3O3S. The van der Waals surface area contributed by atoms with Gasteiger partial charge in [0.1, 0.15) is 5.75 Å². The lowest BCUT2D eigenvalue weighted by molar-refractivity contribution is 0.102. The third kappa shape index (κ3) is 4.20. The Hall–Kier alpha value is -2.45. The maximum atomic E-state index is 12.4. The van der Waals surface area contributed by atoms with E-state index in [1.807, 2.05) is 30.5 Å². The summed E-state index contributed by atoms with van der Waals surface area (Å²) >= 11 is 4.83. The molecule has 6 nitrogen and oxygen atoms in total. The third-order valence-electron chi connectivity index (χ3n) is 3.46. The lowest BCUT2D eigenvalue weighted by Crippen LogP contribution is -2.12. The molecule has 0 atom stereocenters. The molecule has 2 aromatic heterocycles. The number of aromatic nitrogens is 2. The van der Waals surface area contributed by atoms with Crippen LogP contribution in [-0.2, 0) is 0 Å². The standard InChI is InChI=1S/C18H16BrN3O3S/c1-3-25-16-9-12(6-7-20-16)17(23)22-18-21-14(10-26-18)11-4-5-15(24-2)13(19)8-11/h4-10H,3H2,1-2H3,(H,21,22,23). The number of carbonyl (C=O) groups excluding carboxylic acids is 1. The number of anilines is 1. The summed E-state index contributed by atoms with van der Waals surface area (Å²) in [6, 6.07) is 8.95. The van der Waals surface area contributed by atoms with Crippen LogP contribution in [0.2, 0.25) is 0 Å². The molecule has 8 heteroatoms. The van der Waals surface area contributed by atoms with Crippen LogP contribution in [0.4, 0.5) is 5.13 Å². The number of nitrogens with zero attached hydrogens (tertiary/aromatic N) is 2. The van der Waals surface area contributed by atoms with Gasteiger partial charge in [0.2, 0.25) is 5.88 Å². The molecule has 0 radical (unpaired) electrons. The van der Waals surface area contributed by atoms with Crippen LogP contribution in [0.15, 0.2) is 46.4 Å². The van der Waals surface area contributed by atoms with Gasteiger partial charge < -0.3 is 9.47 Å². The minimum atomic E-state index is -0.259. The number of ether oxygens (including phenoxy) is 2. The zero-order valence-corrected chi connectivity index (χ0v) is 16.6. The second kappa shape index (κ2) is 8.29. The maximum Gasteiger partial charge on any atom is 0.257 e. The van der Waals surface area contributed by atoms with E-state index >= 15 is 0 Å². The monoisotopic (exact) mass is 433 g/mol. The van der Waals surface area contributed by atoms with Crippen molar-refractivity contribution < 1.29 is 14.3 Å². The van der Waals surface area contributed by atoms with Gasteiger partial charge in [-0.2, -0.15) is 0 Å². The largest absolute Gasteiger partial charge is 0.496 e. The summed E-state index contributed by atoms with van der Waals surface area (Å²) in [4.78, 5) is 20.9. The molecule has 26 heavy (non-hydrogen) atoms. The number of hydrogen-bond donors (Lipinski definition) is 1. The van der Waals surface area contributed by atoms with Crippen LogP contribution in [0.3, 0.4) is 0 Å². The average Bonchev–Trinajstić information content (AvgIpc) is 3.10. The molecule has 1 N–H and O–H groups in total. The summed E-state index contributed by atoms with van der Waals surface area (Å²) in [5.41, 5.74) is 2.17. The Morgan fingerprint density at radius 2 is 2.15 bits per heavy atom. The molecule has 3 aromatic rings. The lowest BCUT2D eigenvalue weighted by atomic mass is 10.2. The van der Waals surface area contributed by atoms with Crippen molar-refractivity contribution in [2.75, 3.05) is 19.0 Å². The number of halogens is 1. The Morgan fingerprint density at radius 1 is 1.31 bits per heavy atom. The molecule has 0 saturated carbocycles. The van der Waals surface area contributed by atoms with Crippen molar-refractivity contribution in [3.05, 3.63) is 51.9 Å². The predicted octanol–water partition coefficient (Wildman–Crippen LogP) is 4.63. The van der Waals surface area contributed by atoms with Gasteiger partial charge in [0.05, 0.1) is 23.9 Å². The molecule has 0 spiro atoms. The Bertz CT molecular complexity index is 930. The van der Waals surface area contributed by atoms with Gasteiger partial charge in [-0.15, -0.1) is 11.3 Å². The Labute approximate surface area is 163 Å². The molecular weight excluding hydrogens is 418 g/mol. The maximum absolute atomic E-state index is 12.4. The fourth-order valence-electron chi connectivity index (χ4n) is 2.24. The summed E-state index contributed by atoms with van der Waals surface area (Å²) in [6.45, 7) is 2.36. The van der Waals surface area contributed by atoms with E-state index in [4.69, 9.17) is 9.47 Å². The van der Waals surface area contributed by atoms with Crippen molar-refractivity contribution in [3.63, 3.8) is 0 Å². The summed E-state index contributed by atoms with van der Waals surface area (Å²) in [5, 5.41) is 5.21. The number of pyridine rings is 1. The van der Waals surface area contributed by atoms with Crippen LogP contribution in [0.25, 0.3) is 11.3 Å². The molecule has 134 valence electrons. The van der Waals surface area contributed by atoms with Gasteiger partial charge in [-0.05, 0) is 47.1 Å². The van der Waals surface area contributed by atoms with Crippen molar-refractivity contribution in [1.82, 2.24) is 9.97 Å².